The minimum absolute atomic E-state index is 0.694. The minimum atomic E-state index is 0.694. The van der Waals surface area contributed by atoms with Crippen molar-refractivity contribution in [3.63, 3.8) is 0 Å². The SMILES string of the molecule is c1ccc(-c2nc(-c3ccc(-n4c5ccc(-c6cccc7oc8ccccc8c67)cc5c5ccc6ccccc6c54)cc3)nc3c(-c4ccccc4)cccc23)cc1. The monoisotopic (exact) mass is 739 g/mol. The molecule has 0 saturated heterocycles. The summed E-state index contributed by atoms with van der Waals surface area (Å²) in [4.78, 5) is 10.6. The maximum atomic E-state index is 6.29. The van der Waals surface area contributed by atoms with Crippen molar-refractivity contribution in [3.05, 3.63) is 200 Å². The first-order valence-electron chi connectivity index (χ1n) is 19.7. The Morgan fingerprint density at radius 1 is 0.397 bits per heavy atom. The van der Waals surface area contributed by atoms with Crippen molar-refractivity contribution in [1.82, 2.24) is 14.5 Å². The fourth-order valence-electron chi connectivity index (χ4n) is 8.94. The van der Waals surface area contributed by atoms with Gasteiger partial charge in [0.1, 0.15) is 11.2 Å². The average molecular weight is 740 g/mol. The third-order valence-electron chi connectivity index (χ3n) is 11.6. The molecule has 0 atom stereocenters. The number of hydrogen-bond donors (Lipinski definition) is 0. The molecule has 0 fully saturated rings. The Balaban J connectivity index is 1.05. The van der Waals surface area contributed by atoms with E-state index < -0.39 is 0 Å². The predicted molar refractivity (Wildman–Crippen MR) is 240 cm³/mol. The van der Waals surface area contributed by atoms with Gasteiger partial charge in [-0.1, -0.05) is 152 Å². The summed E-state index contributed by atoms with van der Waals surface area (Å²) in [5.41, 5.74) is 13.6. The van der Waals surface area contributed by atoms with E-state index in [4.69, 9.17) is 14.4 Å². The summed E-state index contributed by atoms with van der Waals surface area (Å²) in [5.74, 6) is 0.694. The van der Waals surface area contributed by atoms with E-state index in [-0.39, 0.29) is 0 Å². The van der Waals surface area contributed by atoms with Gasteiger partial charge in [-0.3, -0.25) is 0 Å². The second-order valence-corrected chi connectivity index (χ2v) is 14.9. The van der Waals surface area contributed by atoms with Crippen LogP contribution in [0.4, 0.5) is 0 Å². The summed E-state index contributed by atoms with van der Waals surface area (Å²) in [7, 11) is 0. The molecule has 58 heavy (non-hydrogen) atoms. The van der Waals surface area contributed by atoms with Gasteiger partial charge >= 0.3 is 0 Å². The lowest BCUT2D eigenvalue weighted by Gasteiger charge is -2.14. The number of furan rings is 1. The molecule has 0 unspecified atom stereocenters. The number of nitrogens with zero attached hydrogens (tertiary/aromatic N) is 3. The topological polar surface area (TPSA) is 43.9 Å². The summed E-state index contributed by atoms with van der Waals surface area (Å²) < 4.78 is 8.70. The van der Waals surface area contributed by atoms with Crippen LogP contribution in [0.5, 0.6) is 0 Å². The third kappa shape index (κ3) is 5.02. The fourth-order valence-corrected chi connectivity index (χ4v) is 8.94. The van der Waals surface area contributed by atoms with Crippen LogP contribution < -0.4 is 0 Å². The van der Waals surface area contributed by atoms with Gasteiger partial charge in [-0.15, -0.1) is 0 Å². The van der Waals surface area contributed by atoms with Crippen LogP contribution in [0.25, 0.3) is 116 Å². The van der Waals surface area contributed by atoms with Crippen molar-refractivity contribution in [2.45, 2.75) is 0 Å². The molecule has 12 rings (SSSR count). The predicted octanol–water partition coefficient (Wildman–Crippen LogP) is 14.4. The molecule has 0 spiro atoms. The molecule has 0 aliphatic carbocycles. The van der Waals surface area contributed by atoms with Crippen molar-refractivity contribution in [2.75, 3.05) is 0 Å². The summed E-state index contributed by atoms with van der Waals surface area (Å²) in [6.07, 6.45) is 0. The molecular weight excluding hydrogens is 707 g/mol. The van der Waals surface area contributed by atoms with E-state index in [1.165, 1.54) is 27.1 Å². The molecule has 4 heteroatoms. The lowest BCUT2D eigenvalue weighted by molar-refractivity contribution is 0.669. The van der Waals surface area contributed by atoms with E-state index in [1.54, 1.807) is 0 Å². The van der Waals surface area contributed by atoms with Crippen LogP contribution in [0.15, 0.2) is 205 Å². The molecule has 0 saturated carbocycles. The van der Waals surface area contributed by atoms with Gasteiger partial charge in [0.25, 0.3) is 0 Å². The Morgan fingerprint density at radius 2 is 1.07 bits per heavy atom. The Kier molecular flexibility index (Phi) is 7.20. The maximum Gasteiger partial charge on any atom is 0.160 e. The Labute approximate surface area is 333 Å². The molecule has 9 aromatic carbocycles. The first-order valence-corrected chi connectivity index (χ1v) is 19.7. The molecule has 3 heterocycles. The highest BCUT2D eigenvalue weighted by atomic mass is 16.3. The number of para-hydroxylation sites is 2. The second-order valence-electron chi connectivity index (χ2n) is 14.9. The van der Waals surface area contributed by atoms with Crippen LogP contribution in [0.2, 0.25) is 0 Å². The standard InChI is InChI=1S/C54H33N3O/c1-3-13-34(14-4-1)41-21-11-22-45-51(36-16-5-2-6-17-36)55-54(56-52(41)45)37-25-29-39(30-26-37)57-47-32-28-38(33-46(47)43-31-27-35-15-7-8-18-42(35)53(43)57)40-20-12-24-49-50(40)44-19-9-10-23-48(44)58-49/h1-33H. The molecule has 4 nitrogen and oxygen atoms in total. The molecule has 0 N–H and O–H groups in total. The maximum absolute atomic E-state index is 6.29. The van der Waals surface area contributed by atoms with E-state index in [0.717, 1.165) is 83.1 Å². The summed E-state index contributed by atoms with van der Waals surface area (Å²) in [6.45, 7) is 0. The quantitative estimate of drug-likeness (QED) is 0.177. The van der Waals surface area contributed by atoms with Gasteiger partial charge in [-0.2, -0.15) is 0 Å². The van der Waals surface area contributed by atoms with Crippen LogP contribution in [0.1, 0.15) is 0 Å². The van der Waals surface area contributed by atoms with Gasteiger partial charge < -0.3 is 8.98 Å². The number of aromatic nitrogens is 3. The Bertz CT molecular complexity index is 3550. The van der Waals surface area contributed by atoms with Crippen LogP contribution in [-0.4, -0.2) is 14.5 Å². The summed E-state index contributed by atoms with van der Waals surface area (Å²) in [5, 5.41) is 8.13. The lowest BCUT2D eigenvalue weighted by atomic mass is 9.97. The van der Waals surface area contributed by atoms with Crippen LogP contribution in [0.3, 0.4) is 0 Å². The highest BCUT2D eigenvalue weighted by Gasteiger charge is 2.19. The molecule has 0 amide bonds. The van der Waals surface area contributed by atoms with Crippen molar-refractivity contribution in [1.29, 1.82) is 0 Å². The first-order chi connectivity index (χ1) is 28.8. The van der Waals surface area contributed by atoms with Gasteiger partial charge in [0, 0.05) is 54.7 Å². The molecule has 0 radical (unpaired) electrons. The number of benzene rings is 9. The van der Waals surface area contributed by atoms with Gasteiger partial charge in [0.2, 0.25) is 0 Å². The van der Waals surface area contributed by atoms with Crippen LogP contribution in [0, 0.1) is 0 Å². The molecule has 0 aliphatic heterocycles. The van der Waals surface area contributed by atoms with Crippen LogP contribution >= 0.6 is 0 Å². The second kappa shape index (κ2) is 12.9. The zero-order valence-corrected chi connectivity index (χ0v) is 31.3. The third-order valence-corrected chi connectivity index (χ3v) is 11.6. The summed E-state index contributed by atoms with van der Waals surface area (Å²) >= 11 is 0. The average Bonchev–Trinajstić information content (AvgIpc) is 3.85. The zero-order chi connectivity index (χ0) is 38.2. The van der Waals surface area contributed by atoms with Gasteiger partial charge in [-0.05, 0) is 70.6 Å². The van der Waals surface area contributed by atoms with E-state index in [2.05, 4.69) is 180 Å². The van der Waals surface area contributed by atoms with Gasteiger partial charge in [0.05, 0.1) is 22.2 Å². The van der Waals surface area contributed by atoms with Crippen molar-refractivity contribution in [3.8, 4) is 50.6 Å². The minimum Gasteiger partial charge on any atom is -0.456 e. The largest absolute Gasteiger partial charge is 0.456 e. The van der Waals surface area contributed by atoms with Gasteiger partial charge in [-0.25, -0.2) is 9.97 Å². The van der Waals surface area contributed by atoms with E-state index in [1.807, 2.05) is 24.3 Å². The van der Waals surface area contributed by atoms with Crippen molar-refractivity contribution >= 4 is 65.4 Å². The first kappa shape index (κ1) is 32.4. The normalized spacial score (nSPS) is 11.8. The molecule has 3 aromatic heterocycles. The smallest absolute Gasteiger partial charge is 0.160 e. The van der Waals surface area contributed by atoms with Crippen molar-refractivity contribution < 1.29 is 4.42 Å². The number of rotatable bonds is 5. The molecule has 0 bridgehead atoms. The molecule has 0 aliphatic rings. The molecular formula is C54H33N3O. The van der Waals surface area contributed by atoms with Crippen molar-refractivity contribution in [2.24, 2.45) is 0 Å². The Hall–Kier alpha value is -7.82. The Morgan fingerprint density at radius 3 is 1.91 bits per heavy atom. The van der Waals surface area contributed by atoms with E-state index in [9.17, 15) is 0 Å². The number of fused-ring (bicyclic) bond motifs is 9. The highest BCUT2D eigenvalue weighted by molar-refractivity contribution is 6.20. The molecule has 270 valence electrons. The lowest BCUT2D eigenvalue weighted by Crippen LogP contribution is -1.98. The molecule has 12 aromatic rings. The highest BCUT2D eigenvalue weighted by Crippen LogP contribution is 2.42. The fraction of sp³-hybridized carbons (Fsp3) is 0. The van der Waals surface area contributed by atoms with E-state index in [0.29, 0.717) is 5.82 Å². The van der Waals surface area contributed by atoms with Gasteiger partial charge in [0.15, 0.2) is 5.82 Å². The summed E-state index contributed by atoms with van der Waals surface area (Å²) in [6, 6.07) is 70.8. The van der Waals surface area contributed by atoms with E-state index >= 15 is 0 Å². The number of hydrogen-bond acceptors (Lipinski definition) is 3. The zero-order valence-electron chi connectivity index (χ0n) is 31.3. The van der Waals surface area contributed by atoms with Crippen LogP contribution in [-0.2, 0) is 0 Å².